The summed E-state index contributed by atoms with van der Waals surface area (Å²) in [5.41, 5.74) is 3.42. The molecule has 0 N–H and O–H groups in total. The van der Waals surface area contributed by atoms with Gasteiger partial charge in [-0.1, -0.05) is 46.8 Å². The third-order valence-corrected chi connectivity index (χ3v) is 3.51. The van der Waals surface area contributed by atoms with Crippen molar-refractivity contribution in [3.05, 3.63) is 35.5 Å². The molecule has 0 bridgehead atoms. The molecule has 0 amide bonds. The molecule has 0 spiro atoms. The zero-order valence-electron chi connectivity index (χ0n) is 11.9. The van der Waals surface area contributed by atoms with Gasteiger partial charge in [-0.15, -0.1) is 0 Å². The second-order valence-corrected chi connectivity index (χ2v) is 6.30. The Hall–Kier alpha value is -1.31. The molecule has 0 aliphatic heterocycles. The summed E-state index contributed by atoms with van der Waals surface area (Å²) in [7, 11) is 0. The first-order valence-corrected chi connectivity index (χ1v) is 6.54. The van der Waals surface area contributed by atoms with E-state index in [1.165, 1.54) is 5.56 Å². The van der Waals surface area contributed by atoms with Crippen molar-refractivity contribution in [3.8, 4) is 0 Å². The Balaban J connectivity index is 2.68. The fourth-order valence-corrected chi connectivity index (χ4v) is 2.35. The van der Waals surface area contributed by atoms with Gasteiger partial charge < -0.3 is 4.57 Å². The van der Waals surface area contributed by atoms with E-state index in [0.717, 1.165) is 16.6 Å². The smallest absolute Gasteiger partial charge is 0.165 e. The number of hydrogen-bond donors (Lipinski definition) is 0. The monoisotopic (exact) mass is 247 g/mol. The molecule has 0 aliphatic rings. The van der Waals surface area contributed by atoms with Gasteiger partial charge in [-0.05, 0) is 34.4 Å². The molecule has 2 rings (SSSR count). The molecule has 0 fully saturated rings. The summed E-state index contributed by atoms with van der Waals surface area (Å²) in [5.74, 6) is 0.339. The van der Waals surface area contributed by atoms with Crippen molar-refractivity contribution < 1.29 is 4.39 Å². The van der Waals surface area contributed by atoms with E-state index >= 15 is 0 Å². The Morgan fingerprint density at radius 2 is 1.83 bits per heavy atom. The van der Waals surface area contributed by atoms with Crippen molar-refractivity contribution in [1.82, 2.24) is 4.57 Å². The Kier molecular flexibility index (Phi) is 3.22. The molecule has 98 valence electrons. The van der Waals surface area contributed by atoms with Crippen LogP contribution >= 0.6 is 0 Å². The molecule has 0 radical (unpaired) electrons. The normalized spacial score (nSPS) is 12.6. The van der Waals surface area contributed by atoms with Gasteiger partial charge in [0.25, 0.3) is 0 Å². The molecular weight excluding hydrogens is 225 g/mol. The van der Waals surface area contributed by atoms with Crippen LogP contribution in [0.5, 0.6) is 0 Å². The molecule has 18 heavy (non-hydrogen) atoms. The lowest BCUT2D eigenvalue weighted by Gasteiger charge is -2.19. The SMILES string of the molecule is CC(C)c1cc2ccc(C(C)(C)C)cc2n1CF. The first-order valence-electron chi connectivity index (χ1n) is 6.54. The van der Waals surface area contributed by atoms with Gasteiger partial charge in [-0.3, -0.25) is 0 Å². The summed E-state index contributed by atoms with van der Waals surface area (Å²) in [6, 6.07) is 8.48. The van der Waals surface area contributed by atoms with Crippen LogP contribution in [0, 0.1) is 0 Å². The summed E-state index contributed by atoms with van der Waals surface area (Å²) < 4.78 is 15.1. The maximum atomic E-state index is 13.3. The van der Waals surface area contributed by atoms with Crippen LogP contribution in [0.2, 0.25) is 0 Å². The second kappa shape index (κ2) is 4.42. The minimum atomic E-state index is -0.454. The molecule has 0 saturated heterocycles. The Bertz CT molecular complexity index is 558. The number of hydrogen-bond acceptors (Lipinski definition) is 0. The largest absolute Gasteiger partial charge is 0.316 e. The first kappa shape index (κ1) is 13.1. The molecule has 0 atom stereocenters. The van der Waals surface area contributed by atoms with E-state index in [0.29, 0.717) is 5.92 Å². The third kappa shape index (κ3) is 2.16. The average Bonchev–Trinajstić information content (AvgIpc) is 2.65. The van der Waals surface area contributed by atoms with Crippen molar-refractivity contribution >= 4 is 10.9 Å². The van der Waals surface area contributed by atoms with Crippen LogP contribution in [0.4, 0.5) is 4.39 Å². The zero-order valence-corrected chi connectivity index (χ0v) is 11.9. The summed E-state index contributed by atoms with van der Waals surface area (Å²) in [5, 5.41) is 1.13. The van der Waals surface area contributed by atoms with Crippen LogP contribution in [-0.4, -0.2) is 4.57 Å². The van der Waals surface area contributed by atoms with Gasteiger partial charge in [0.1, 0.15) is 0 Å². The number of halogens is 1. The van der Waals surface area contributed by atoms with Crippen LogP contribution in [0.15, 0.2) is 24.3 Å². The molecule has 2 aromatic rings. The van der Waals surface area contributed by atoms with E-state index in [9.17, 15) is 4.39 Å². The Morgan fingerprint density at radius 1 is 1.17 bits per heavy atom. The average molecular weight is 247 g/mol. The van der Waals surface area contributed by atoms with Crippen LogP contribution in [0.3, 0.4) is 0 Å². The lowest BCUT2D eigenvalue weighted by molar-refractivity contribution is 0.375. The lowest BCUT2D eigenvalue weighted by Crippen LogP contribution is -2.11. The van der Waals surface area contributed by atoms with Crippen molar-refractivity contribution in [2.45, 2.75) is 52.8 Å². The fraction of sp³-hybridized carbons (Fsp3) is 0.500. The van der Waals surface area contributed by atoms with Crippen molar-refractivity contribution in [2.75, 3.05) is 0 Å². The summed E-state index contributed by atoms with van der Waals surface area (Å²) in [6.45, 7) is 10.3. The van der Waals surface area contributed by atoms with Gasteiger partial charge in [-0.25, -0.2) is 4.39 Å². The van der Waals surface area contributed by atoms with E-state index < -0.39 is 6.80 Å². The molecule has 1 aromatic carbocycles. The van der Waals surface area contributed by atoms with Gasteiger partial charge in [0.05, 0.1) is 5.52 Å². The molecule has 1 aromatic heterocycles. The van der Waals surface area contributed by atoms with Crippen LogP contribution in [0.1, 0.15) is 51.8 Å². The van der Waals surface area contributed by atoms with E-state index in [1.54, 1.807) is 4.57 Å². The van der Waals surface area contributed by atoms with E-state index in [-0.39, 0.29) is 5.41 Å². The van der Waals surface area contributed by atoms with Crippen LogP contribution in [-0.2, 0) is 12.2 Å². The Morgan fingerprint density at radius 3 is 2.33 bits per heavy atom. The lowest BCUT2D eigenvalue weighted by atomic mass is 9.87. The summed E-state index contributed by atoms with van der Waals surface area (Å²) >= 11 is 0. The van der Waals surface area contributed by atoms with Crippen molar-refractivity contribution in [1.29, 1.82) is 0 Å². The van der Waals surface area contributed by atoms with Crippen LogP contribution in [0.25, 0.3) is 10.9 Å². The first-order chi connectivity index (χ1) is 8.34. The second-order valence-electron chi connectivity index (χ2n) is 6.30. The highest BCUT2D eigenvalue weighted by Gasteiger charge is 2.17. The molecule has 0 aliphatic carbocycles. The van der Waals surface area contributed by atoms with Gasteiger partial charge in [-0.2, -0.15) is 0 Å². The highest BCUT2D eigenvalue weighted by molar-refractivity contribution is 5.82. The van der Waals surface area contributed by atoms with E-state index in [2.05, 4.69) is 58.9 Å². The van der Waals surface area contributed by atoms with E-state index in [1.807, 2.05) is 0 Å². The van der Waals surface area contributed by atoms with Gasteiger partial charge >= 0.3 is 0 Å². The maximum absolute atomic E-state index is 13.3. The molecule has 0 unspecified atom stereocenters. The quantitative estimate of drug-likeness (QED) is 0.704. The molecular formula is C16H22FN. The maximum Gasteiger partial charge on any atom is 0.165 e. The molecule has 1 nitrogen and oxygen atoms in total. The minimum Gasteiger partial charge on any atom is -0.316 e. The van der Waals surface area contributed by atoms with Crippen molar-refractivity contribution in [3.63, 3.8) is 0 Å². The van der Waals surface area contributed by atoms with Gasteiger partial charge in [0, 0.05) is 5.69 Å². The summed E-state index contributed by atoms with van der Waals surface area (Å²) in [4.78, 5) is 0. The van der Waals surface area contributed by atoms with Gasteiger partial charge in [0.2, 0.25) is 0 Å². The van der Waals surface area contributed by atoms with Crippen LogP contribution < -0.4 is 0 Å². The minimum absolute atomic E-state index is 0.0948. The highest BCUT2D eigenvalue weighted by atomic mass is 19.1. The van der Waals surface area contributed by atoms with Gasteiger partial charge in [0.15, 0.2) is 6.80 Å². The topological polar surface area (TPSA) is 4.93 Å². The summed E-state index contributed by atoms with van der Waals surface area (Å²) in [6.07, 6.45) is 0. The fourth-order valence-electron chi connectivity index (χ4n) is 2.35. The molecule has 2 heteroatoms. The number of benzene rings is 1. The number of aromatic nitrogens is 1. The molecule has 1 heterocycles. The number of fused-ring (bicyclic) bond motifs is 1. The van der Waals surface area contributed by atoms with Crippen molar-refractivity contribution in [2.24, 2.45) is 0 Å². The standard InChI is InChI=1S/C16H22FN/c1-11(2)14-8-12-6-7-13(16(3,4)5)9-15(12)18(14)10-17/h6-9,11H,10H2,1-5H3. The highest BCUT2D eigenvalue weighted by Crippen LogP contribution is 2.30. The zero-order chi connectivity index (χ0) is 13.5. The third-order valence-electron chi connectivity index (χ3n) is 3.51. The van der Waals surface area contributed by atoms with E-state index in [4.69, 9.17) is 0 Å². The molecule has 0 saturated carbocycles. The number of alkyl halides is 1. The predicted octanol–water partition coefficient (Wildman–Crippen LogP) is 4.99. The Labute approximate surface area is 109 Å². The number of rotatable bonds is 2. The predicted molar refractivity (Wildman–Crippen MR) is 75.8 cm³/mol. The number of nitrogens with zero attached hydrogens (tertiary/aromatic N) is 1.